The molecule has 0 atom stereocenters. The summed E-state index contributed by atoms with van der Waals surface area (Å²) >= 11 is 6.36. The average molecular weight is 396 g/mol. The van der Waals surface area contributed by atoms with E-state index in [9.17, 15) is 4.79 Å². The summed E-state index contributed by atoms with van der Waals surface area (Å²) in [4.78, 5) is 15.4. The summed E-state index contributed by atoms with van der Waals surface area (Å²) in [5.41, 5.74) is 8.09. The van der Waals surface area contributed by atoms with Crippen LogP contribution < -0.4 is 15.8 Å². The first-order valence-corrected chi connectivity index (χ1v) is 9.44. The van der Waals surface area contributed by atoms with E-state index < -0.39 is 5.91 Å². The maximum absolute atomic E-state index is 11.2. The van der Waals surface area contributed by atoms with E-state index in [1.165, 1.54) is 11.8 Å². The van der Waals surface area contributed by atoms with Gasteiger partial charge in [-0.2, -0.15) is 0 Å². The van der Waals surface area contributed by atoms with Crippen LogP contribution in [-0.4, -0.2) is 18.3 Å². The molecule has 144 valence electrons. The fraction of sp³-hybridized carbons (Fsp3) is 0.182. The number of ether oxygens (including phenoxy) is 1. The normalized spacial score (nSPS) is 13.5. The van der Waals surface area contributed by atoms with Crippen molar-refractivity contribution in [3.8, 4) is 5.75 Å². The van der Waals surface area contributed by atoms with E-state index >= 15 is 0 Å². The molecule has 1 amide bonds. The predicted octanol–water partition coefficient (Wildman–Crippen LogP) is 3.78. The molecule has 0 radical (unpaired) electrons. The number of nitrogens with zero attached hydrogens (tertiary/aromatic N) is 1. The summed E-state index contributed by atoms with van der Waals surface area (Å²) in [5.74, 6) is 0.385. The van der Waals surface area contributed by atoms with Crippen LogP contribution in [0.4, 0.5) is 0 Å². The van der Waals surface area contributed by atoms with Gasteiger partial charge >= 0.3 is 0 Å². The van der Waals surface area contributed by atoms with Crippen molar-refractivity contribution in [1.82, 2.24) is 5.32 Å². The van der Waals surface area contributed by atoms with Gasteiger partial charge in [-0.25, -0.2) is 4.99 Å². The molecule has 0 unspecified atom stereocenters. The second-order valence-corrected chi connectivity index (χ2v) is 6.78. The number of hydrogen-bond acceptors (Lipinski definition) is 4. The number of nitrogens with one attached hydrogen (secondary N) is 1. The van der Waals surface area contributed by atoms with Crippen molar-refractivity contribution in [1.29, 1.82) is 0 Å². The number of carbonyl (C=O) groups is 1. The number of amides is 1. The molecule has 1 aliphatic rings. The highest BCUT2D eigenvalue weighted by atomic mass is 35.5. The zero-order valence-electron chi connectivity index (χ0n) is 15.4. The van der Waals surface area contributed by atoms with Crippen molar-refractivity contribution in [3.63, 3.8) is 0 Å². The van der Waals surface area contributed by atoms with Crippen molar-refractivity contribution in [2.75, 3.05) is 6.54 Å². The Morgan fingerprint density at radius 1 is 1.18 bits per heavy atom. The van der Waals surface area contributed by atoms with Gasteiger partial charge in [-0.3, -0.25) is 4.79 Å². The standard InChI is InChI=1S/C22H22ClN3O2/c23-19-13-16(11-12-25-14-17-5-2-1-3-6-17)9-10-20(19)28-21-8-4-7-18(15-26-21)22(24)27/h1-6,8-10,13,15,25H,7,11-12,14H2,(H2,24,27). The molecule has 6 heteroatoms. The Balaban J connectivity index is 1.54. The molecule has 1 heterocycles. The Labute approximate surface area is 169 Å². The monoisotopic (exact) mass is 395 g/mol. The molecule has 2 aromatic rings. The van der Waals surface area contributed by atoms with E-state index in [2.05, 4.69) is 22.4 Å². The van der Waals surface area contributed by atoms with Crippen LogP contribution in [0.1, 0.15) is 17.5 Å². The number of allylic oxidation sites excluding steroid dienone is 1. The molecule has 0 bridgehead atoms. The van der Waals surface area contributed by atoms with E-state index in [-0.39, 0.29) is 0 Å². The minimum atomic E-state index is -0.488. The number of nitrogens with two attached hydrogens (primary N) is 1. The maximum Gasteiger partial charge on any atom is 0.246 e. The first-order chi connectivity index (χ1) is 13.6. The second-order valence-electron chi connectivity index (χ2n) is 6.37. The highest BCUT2D eigenvalue weighted by Crippen LogP contribution is 2.26. The summed E-state index contributed by atoms with van der Waals surface area (Å²) in [7, 11) is 0. The molecule has 0 saturated heterocycles. The quantitative estimate of drug-likeness (QED) is 0.700. The third-order valence-electron chi connectivity index (χ3n) is 4.24. The molecule has 0 aromatic heterocycles. The van der Waals surface area contributed by atoms with E-state index in [1.54, 1.807) is 12.2 Å². The maximum atomic E-state index is 11.2. The van der Waals surface area contributed by atoms with Gasteiger partial charge in [0.25, 0.3) is 0 Å². The van der Waals surface area contributed by atoms with Gasteiger partial charge in [0.05, 0.1) is 5.02 Å². The Hall–Kier alpha value is -2.89. The van der Waals surface area contributed by atoms with Gasteiger partial charge < -0.3 is 15.8 Å². The highest BCUT2D eigenvalue weighted by molar-refractivity contribution is 6.32. The summed E-state index contributed by atoms with van der Waals surface area (Å²) in [6.45, 7) is 1.68. The first kappa shape index (κ1) is 19.9. The lowest BCUT2D eigenvalue weighted by atomic mass is 10.1. The zero-order valence-corrected chi connectivity index (χ0v) is 16.2. The number of hydrogen-bond donors (Lipinski definition) is 2. The molecule has 0 aliphatic carbocycles. The Kier molecular flexibility index (Phi) is 7.00. The molecular formula is C22H22ClN3O2. The molecule has 2 aromatic carbocycles. The first-order valence-electron chi connectivity index (χ1n) is 9.06. The highest BCUT2D eigenvalue weighted by Gasteiger charge is 2.09. The molecule has 3 rings (SSSR count). The lowest BCUT2D eigenvalue weighted by molar-refractivity contribution is -0.114. The molecule has 0 spiro atoms. The van der Waals surface area contributed by atoms with Gasteiger partial charge in [-0.15, -0.1) is 0 Å². The lowest BCUT2D eigenvalue weighted by Crippen LogP contribution is -2.16. The van der Waals surface area contributed by atoms with E-state index in [4.69, 9.17) is 22.1 Å². The third kappa shape index (κ3) is 5.81. The van der Waals surface area contributed by atoms with Gasteiger partial charge in [0.15, 0.2) is 0 Å². The minimum Gasteiger partial charge on any atom is -0.437 e. The van der Waals surface area contributed by atoms with Crippen LogP contribution in [-0.2, 0) is 17.8 Å². The Morgan fingerprint density at radius 2 is 2.00 bits per heavy atom. The van der Waals surface area contributed by atoms with Gasteiger partial charge in [-0.05, 0) is 48.7 Å². The van der Waals surface area contributed by atoms with Crippen LogP contribution in [0.15, 0.2) is 77.4 Å². The Morgan fingerprint density at radius 3 is 2.75 bits per heavy atom. The van der Waals surface area contributed by atoms with Crippen molar-refractivity contribution >= 4 is 23.4 Å². The zero-order chi connectivity index (χ0) is 19.8. The number of halogens is 1. The van der Waals surface area contributed by atoms with Crippen LogP contribution in [0.25, 0.3) is 0 Å². The molecular weight excluding hydrogens is 374 g/mol. The van der Waals surface area contributed by atoms with E-state index in [0.29, 0.717) is 28.7 Å². The summed E-state index contributed by atoms with van der Waals surface area (Å²) in [6.07, 6.45) is 6.19. The number of benzene rings is 2. The largest absolute Gasteiger partial charge is 0.437 e. The van der Waals surface area contributed by atoms with Crippen LogP contribution in [0.3, 0.4) is 0 Å². The molecule has 3 N–H and O–H groups in total. The molecule has 0 fully saturated rings. The summed E-state index contributed by atoms with van der Waals surface area (Å²) < 4.78 is 5.75. The number of rotatable bonds is 7. The van der Waals surface area contributed by atoms with E-state index in [0.717, 1.165) is 25.1 Å². The van der Waals surface area contributed by atoms with Crippen molar-refractivity contribution in [3.05, 3.63) is 88.6 Å². The topological polar surface area (TPSA) is 76.7 Å². The van der Waals surface area contributed by atoms with Gasteiger partial charge in [0.1, 0.15) is 5.75 Å². The van der Waals surface area contributed by atoms with Crippen molar-refractivity contribution in [2.45, 2.75) is 19.4 Å². The van der Waals surface area contributed by atoms with Gasteiger partial charge in [0.2, 0.25) is 11.8 Å². The fourth-order valence-corrected chi connectivity index (χ4v) is 2.95. The molecule has 0 saturated carbocycles. The summed E-state index contributed by atoms with van der Waals surface area (Å²) in [6, 6.07) is 16.0. The molecule has 28 heavy (non-hydrogen) atoms. The van der Waals surface area contributed by atoms with Crippen molar-refractivity contribution < 1.29 is 9.53 Å². The predicted molar refractivity (Wildman–Crippen MR) is 112 cm³/mol. The van der Waals surface area contributed by atoms with Crippen LogP contribution in [0.2, 0.25) is 5.02 Å². The third-order valence-corrected chi connectivity index (χ3v) is 4.53. The Bertz CT molecular complexity index is 921. The van der Waals surface area contributed by atoms with E-state index in [1.807, 2.05) is 36.4 Å². The number of aliphatic imine (C=N–C) groups is 1. The van der Waals surface area contributed by atoms with Gasteiger partial charge in [-0.1, -0.05) is 54.1 Å². The van der Waals surface area contributed by atoms with Crippen molar-refractivity contribution in [2.24, 2.45) is 10.7 Å². The SMILES string of the molecule is NC(=O)C1=CN=C(Oc2ccc(CCNCc3ccccc3)cc2Cl)C=CC1. The van der Waals surface area contributed by atoms with Crippen LogP contribution in [0, 0.1) is 0 Å². The molecule has 1 aliphatic heterocycles. The summed E-state index contributed by atoms with van der Waals surface area (Å²) in [5, 5.41) is 3.94. The van der Waals surface area contributed by atoms with Gasteiger partial charge in [0, 0.05) is 18.3 Å². The van der Waals surface area contributed by atoms with Crippen LogP contribution in [0.5, 0.6) is 5.75 Å². The number of primary amides is 1. The minimum absolute atomic E-state index is 0.357. The lowest BCUT2D eigenvalue weighted by Gasteiger charge is -2.09. The van der Waals surface area contributed by atoms with Crippen LogP contribution >= 0.6 is 11.6 Å². The fourth-order valence-electron chi connectivity index (χ4n) is 2.71. The average Bonchev–Trinajstić information content (AvgIpc) is 2.94. The second kappa shape index (κ2) is 9.88. The smallest absolute Gasteiger partial charge is 0.246 e. The number of carbonyl (C=O) groups excluding carboxylic acids is 1. The molecule has 5 nitrogen and oxygen atoms in total.